The van der Waals surface area contributed by atoms with Crippen LogP contribution in [-0.4, -0.2) is 17.0 Å². The lowest BCUT2D eigenvalue weighted by atomic mass is 9.80. The topological polar surface area (TPSA) is 37.3 Å². The summed E-state index contributed by atoms with van der Waals surface area (Å²) >= 11 is 0. The predicted molar refractivity (Wildman–Crippen MR) is 41.1 cm³/mol. The molecule has 62 valence electrons. The van der Waals surface area contributed by atoms with Gasteiger partial charge in [0.1, 0.15) is 6.10 Å². The van der Waals surface area contributed by atoms with E-state index in [1.165, 1.54) is 6.42 Å². The Morgan fingerprint density at radius 2 is 1.91 bits per heavy atom. The molecule has 0 spiro atoms. The lowest BCUT2D eigenvalue weighted by molar-refractivity contribution is -0.134. The molecule has 0 bridgehead atoms. The standard InChI is InChI=1S/C9H14O2/c10-8(6-2-1-3-6)9(11)7-4-5-7/h6-7,9,11H,1-5H2. The maximum absolute atomic E-state index is 11.4. The molecule has 1 atom stereocenters. The summed E-state index contributed by atoms with van der Waals surface area (Å²) in [5.41, 5.74) is 0. The third-order valence-electron chi connectivity index (χ3n) is 2.87. The van der Waals surface area contributed by atoms with E-state index in [9.17, 15) is 9.90 Å². The van der Waals surface area contributed by atoms with Crippen LogP contribution < -0.4 is 0 Å². The Balaban J connectivity index is 1.86. The molecule has 1 N–H and O–H groups in total. The van der Waals surface area contributed by atoms with Crippen LogP contribution in [0, 0.1) is 11.8 Å². The smallest absolute Gasteiger partial charge is 0.164 e. The summed E-state index contributed by atoms with van der Waals surface area (Å²) in [5.74, 6) is 0.660. The highest BCUT2D eigenvalue weighted by Crippen LogP contribution is 2.37. The molecule has 0 amide bonds. The van der Waals surface area contributed by atoms with Gasteiger partial charge >= 0.3 is 0 Å². The Bertz CT molecular complexity index is 168. The van der Waals surface area contributed by atoms with Crippen molar-refractivity contribution in [2.45, 2.75) is 38.2 Å². The van der Waals surface area contributed by atoms with E-state index in [0.29, 0.717) is 5.92 Å². The lowest BCUT2D eigenvalue weighted by Crippen LogP contribution is -2.33. The molecule has 2 saturated carbocycles. The van der Waals surface area contributed by atoms with E-state index in [-0.39, 0.29) is 11.7 Å². The van der Waals surface area contributed by atoms with Crippen molar-refractivity contribution in [3.8, 4) is 0 Å². The number of aliphatic hydroxyl groups excluding tert-OH is 1. The van der Waals surface area contributed by atoms with E-state index < -0.39 is 6.10 Å². The van der Waals surface area contributed by atoms with Crippen molar-refractivity contribution < 1.29 is 9.90 Å². The Morgan fingerprint density at radius 1 is 1.27 bits per heavy atom. The molecule has 0 radical (unpaired) electrons. The molecular formula is C9H14O2. The van der Waals surface area contributed by atoms with Gasteiger partial charge in [0.15, 0.2) is 5.78 Å². The molecule has 0 aromatic heterocycles. The minimum absolute atomic E-state index is 0.124. The summed E-state index contributed by atoms with van der Waals surface area (Å²) in [7, 11) is 0. The van der Waals surface area contributed by atoms with Crippen LogP contribution in [0.2, 0.25) is 0 Å². The van der Waals surface area contributed by atoms with Crippen LogP contribution >= 0.6 is 0 Å². The largest absolute Gasteiger partial charge is 0.385 e. The van der Waals surface area contributed by atoms with Crippen LogP contribution in [0.15, 0.2) is 0 Å². The lowest BCUT2D eigenvalue weighted by Gasteiger charge is -2.25. The van der Waals surface area contributed by atoms with Crippen molar-refractivity contribution >= 4 is 5.78 Å². The van der Waals surface area contributed by atoms with Gasteiger partial charge in [0.25, 0.3) is 0 Å². The molecule has 0 aromatic rings. The van der Waals surface area contributed by atoms with Gasteiger partial charge in [0, 0.05) is 5.92 Å². The van der Waals surface area contributed by atoms with Crippen molar-refractivity contribution in [2.75, 3.05) is 0 Å². The molecule has 2 rings (SSSR count). The summed E-state index contributed by atoms with van der Waals surface area (Å²) in [4.78, 5) is 11.4. The maximum atomic E-state index is 11.4. The number of hydrogen-bond donors (Lipinski definition) is 1. The summed E-state index contributed by atoms with van der Waals surface area (Å²) in [6, 6.07) is 0. The van der Waals surface area contributed by atoms with Gasteiger partial charge in [-0.15, -0.1) is 0 Å². The Hall–Kier alpha value is -0.370. The number of Topliss-reactive ketones (excluding diaryl/α,β-unsaturated/α-hetero) is 1. The van der Waals surface area contributed by atoms with E-state index in [4.69, 9.17) is 0 Å². The van der Waals surface area contributed by atoms with Crippen LogP contribution in [0.4, 0.5) is 0 Å². The third-order valence-corrected chi connectivity index (χ3v) is 2.87. The SMILES string of the molecule is O=C(C1CCC1)C(O)C1CC1. The first-order chi connectivity index (χ1) is 5.29. The Morgan fingerprint density at radius 3 is 2.27 bits per heavy atom. The second-order valence-electron chi connectivity index (χ2n) is 3.81. The molecule has 0 heterocycles. The average Bonchev–Trinajstić information content (AvgIpc) is 2.62. The zero-order chi connectivity index (χ0) is 7.84. The summed E-state index contributed by atoms with van der Waals surface area (Å²) in [6.07, 6.45) is 4.71. The monoisotopic (exact) mass is 154 g/mol. The summed E-state index contributed by atoms with van der Waals surface area (Å²) in [5, 5.41) is 9.44. The second kappa shape index (κ2) is 2.59. The zero-order valence-corrected chi connectivity index (χ0v) is 6.62. The average molecular weight is 154 g/mol. The number of ketones is 1. The highest BCUT2D eigenvalue weighted by Gasteiger charge is 2.39. The molecule has 2 nitrogen and oxygen atoms in total. The van der Waals surface area contributed by atoms with Crippen LogP contribution in [-0.2, 0) is 4.79 Å². The van der Waals surface area contributed by atoms with Crippen LogP contribution in [0.1, 0.15) is 32.1 Å². The minimum Gasteiger partial charge on any atom is -0.385 e. The molecule has 0 aromatic carbocycles. The van der Waals surface area contributed by atoms with Crippen molar-refractivity contribution in [3.05, 3.63) is 0 Å². The second-order valence-corrected chi connectivity index (χ2v) is 3.81. The zero-order valence-electron chi connectivity index (χ0n) is 6.62. The van der Waals surface area contributed by atoms with Gasteiger partial charge in [0.05, 0.1) is 0 Å². The first-order valence-electron chi connectivity index (χ1n) is 4.51. The van der Waals surface area contributed by atoms with Crippen molar-refractivity contribution in [1.29, 1.82) is 0 Å². The van der Waals surface area contributed by atoms with E-state index in [1.807, 2.05) is 0 Å². The molecule has 0 aliphatic heterocycles. The molecule has 1 unspecified atom stereocenters. The third kappa shape index (κ3) is 1.32. The molecule has 2 fully saturated rings. The van der Waals surface area contributed by atoms with Crippen molar-refractivity contribution in [1.82, 2.24) is 0 Å². The van der Waals surface area contributed by atoms with Gasteiger partial charge in [-0.05, 0) is 31.6 Å². The van der Waals surface area contributed by atoms with Crippen LogP contribution in [0.25, 0.3) is 0 Å². The van der Waals surface area contributed by atoms with Crippen molar-refractivity contribution in [2.24, 2.45) is 11.8 Å². The number of hydrogen-bond acceptors (Lipinski definition) is 2. The van der Waals surface area contributed by atoms with Gasteiger partial charge in [-0.25, -0.2) is 0 Å². The van der Waals surface area contributed by atoms with E-state index in [1.54, 1.807) is 0 Å². The maximum Gasteiger partial charge on any atom is 0.164 e. The van der Waals surface area contributed by atoms with Crippen LogP contribution in [0.5, 0.6) is 0 Å². The molecular weight excluding hydrogens is 140 g/mol. The van der Waals surface area contributed by atoms with Crippen LogP contribution in [0.3, 0.4) is 0 Å². The minimum atomic E-state index is -0.611. The fourth-order valence-electron chi connectivity index (χ4n) is 1.58. The summed E-state index contributed by atoms with van der Waals surface area (Å²) in [6.45, 7) is 0. The van der Waals surface area contributed by atoms with Gasteiger partial charge in [-0.1, -0.05) is 6.42 Å². The number of carbonyl (C=O) groups is 1. The molecule has 2 aliphatic rings. The normalized spacial score (nSPS) is 27.7. The fraction of sp³-hybridized carbons (Fsp3) is 0.889. The van der Waals surface area contributed by atoms with Gasteiger partial charge < -0.3 is 5.11 Å². The molecule has 11 heavy (non-hydrogen) atoms. The number of rotatable bonds is 3. The fourth-order valence-corrected chi connectivity index (χ4v) is 1.58. The highest BCUT2D eigenvalue weighted by molar-refractivity contribution is 5.86. The number of carbonyl (C=O) groups excluding carboxylic acids is 1. The first-order valence-corrected chi connectivity index (χ1v) is 4.51. The first kappa shape index (κ1) is 7.29. The predicted octanol–water partition coefficient (Wildman–Crippen LogP) is 1.13. The Kier molecular flexibility index (Phi) is 1.72. The highest BCUT2D eigenvalue weighted by atomic mass is 16.3. The molecule has 2 aliphatic carbocycles. The Labute approximate surface area is 66.6 Å². The van der Waals surface area contributed by atoms with Gasteiger partial charge in [-0.2, -0.15) is 0 Å². The van der Waals surface area contributed by atoms with E-state index in [2.05, 4.69) is 0 Å². The van der Waals surface area contributed by atoms with Gasteiger partial charge in [-0.3, -0.25) is 4.79 Å². The van der Waals surface area contributed by atoms with E-state index in [0.717, 1.165) is 25.7 Å². The molecule has 2 heteroatoms. The number of aliphatic hydroxyl groups is 1. The quantitative estimate of drug-likeness (QED) is 0.661. The van der Waals surface area contributed by atoms with E-state index >= 15 is 0 Å². The molecule has 0 saturated heterocycles. The van der Waals surface area contributed by atoms with Gasteiger partial charge in [0.2, 0.25) is 0 Å². The van der Waals surface area contributed by atoms with Crippen molar-refractivity contribution in [3.63, 3.8) is 0 Å². The summed E-state index contributed by atoms with van der Waals surface area (Å²) < 4.78 is 0.